The molecule has 13 heavy (non-hydrogen) atoms. The van der Waals surface area contributed by atoms with Crippen LogP contribution in [-0.4, -0.2) is 23.8 Å². The SMILES string of the molecule is CCC(CO)NC(C1CC1)C1CC1. The van der Waals surface area contributed by atoms with Gasteiger partial charge < -0.3 is 10.4 Å². The van der Waals surface area contributed by atoms with Crippen LogP contribution >= 0.6 is 0 Å². The Morgan fingerprint density at radius 1 is 1.23 bits per heavy atom. The van der Waals surface area contributed by atoms with Crippen LogP contribution in [0.5, 0.6) is 0 Å². The minimum absolute atomic E-state index is 0.298. The van der Waals surface area contributed by atoms with Crippen molar-refractivity contribution < 1.29 is 5.11 Å². The Balaban J connectivity index is 1.80. The smallest absolute Gasteiger partial charge is 0.0584 e. The zero-order chi connectivity index (χ0) is 9.26. The molecule has 2 aliphatic carbocycles. The topological polar surface area (TPSA) is 32.3 Å². The van der Waals surface area contributed by atoms with Crippen LogP contribution in [0.3, 0.4) is 0 Å². The van der Waals surface area contributed by atoms with Gasteiger partial charge in [-0.05, 0) is 43.9 Å². The first-order valence-electron chi connectivity index (χ1n) is 5.72. The number of rotatable bonds is 6. The molecule has 0 aromatic rings. The van der Waals surface area contributed by atoms with Crippen molar-refractivity contribution in [2.24, 2.45) is 11.8 Å². The maximum Gasteiger partial charge on any atom is 0.0584 e. The minimum atomic E-state index is 0.298. The van der Waals surface area contributed by atoms with Crippen LogP contribution in [0.1, 0.15) is 39.0 Å². The highest BCUT2D eigenvalue weighted by atomic mass is 16.3. The summed E-state index contributed by atoms with van der Waals surface area (Å²) in [4.78, 5) is 0. The van der Waals surface area contributed by atoms with Crippen molar-refractivity contribution >= 4 is 0 Å². The highest BCUT2D eigenvalue weighted by Crippen LogP contribution is 2.44. The third kappa shape index (κ3) is 2.44. The molecule has 0 bridgehead atoms. The zero-order valence-electron chi connectivity index (χ0n) is 8.50. The summed E-state index contributed by atoms with van der Waals surface area (Å²) in [6, 6.07) is 1.07. The number of aliphatic hydroxyl groups is 1. The van der Waals surface area contributed by atoms with Crippen LogP contribution in [0, 0.1) is 11.8 Å². The summed E-state index contributed by atoms with van der Waals surface area (Å²) >= 11 is 0. The quantitative estimate of drug-likeness (QED) is 0.654. The number of hydrogen-bond acceptors (Lipinski definition) is 2. The average molecular weight is 183 g/mol. The highest BCUT2D eigenvalue weighted by Gasteiger charge is 2.41. The maximum atomic E-state index is 9.12. The van der Waals surface area contributed by atoms with E-state index in [9.17, 15) is 0 Å². The molecule has 0 aliphatic heterocycles. The molecule has 0 amide bonds. The normalized spacial score (nSPS) is 25.2. The van der Waals surface area contributed by atoms with Crippen LogP contribution < -0.4 is 5.32 Å². The van der Waals surface area contributed by atoms with Crippen molar-refractivity contribution in [2.45, 2.75) is 51.1 Å². The molecule has 2 rings (SSSR count). The standard InChI is InChI=1S/C11H21NO/c1-2-10(7-13)12-11(8-3-4-8)9-5-6-9/h8-13H,2-7H2,1H3. The fourth-order valence-corrected chi connectivity index (χ4v) is 2.14. The van der Waals surface area contributed by atoms with E-state index in [0.29, 0.717) is 12.6 Å². The zero-order valence-corrected chi connectivity index (χ0v) is 8.50. The molecule has 1 unspecified atom stereocenters. The summed E-state index contributed by atoms with van der Waals surface area (Å²) in [5, 5.41) is 12.7. The van der Waals surface area contributed by atoms with Gasteiger partial charge in [0.15, 0.2) is 0 Å². The van der Waals surface area contributed by atoms with Gasteiger partial charge in [0.2, 0.25) is 0 Å². The first-order chi connectivity index (χ1) is 6.35. The van der Waals surface area contributed by atoms with Gasteiger partial charge in [-0.15, -0.1) is 0 Å². The van der Waals surface area contributed by atoms with Crippen LogP contribution in [0.25, 0.3) is 0 Å². The fourth-order valence-electron chi connectivity index (χ4n) is 2.14. The molecule has 0 aromatic heterocycles. The first kappa shape index (κ1) is 9.47. The van der Waals surface area contributed by atoms with Gasteiger partial charge in [0.1, 0.15) is 0 Å². The second kappa shape index (κ2) is 3.97. The Labute approximate surface area is 80.7 Å². The third-order valence-corrected chi connectivity index (χ3v) is 3.40. The molecule has 2 nitrogen and oxygen atoms in total. The van der Waals surface area contributed by atoms with Gasteiger partial charge >= 0.3 is 0 Å². The molecule has 2 heteroatoms. The lowest BCUT2D eigenvalue weighted by Crippen LogP contribution is -2.42. The maximum absolute atomic E-state index is 9.12. The molecule has 0 spiro atoms. The molecule has 2 N–H and O–H groups in total. The molecular weight excluding hydrogens is 162 g/mol. The second-order valence-electron chi connectivity index (χ2n) is 4.66. The van der Waals surface area contributed by atoms with E-state index < -0.39 is 0 Å². The third-order valence-electron chi connectivity index (χ3n) is 3.40. The van der Waals surface area contributed by atoms with Crippen molar-refractivity contribution in [1.82, 2.24) is 5.32 Å². The molecule has 2 fully saturated rings. The molecule has 2 saturated carbocycles. The summed E-state index contributed by atoms with van der Waals surface area (Å²) in [5.74, 6) is 1.88. The summed E-state index contributed by atoms with van der Waals surface area (Å²) in [7, 11) is 0. The van der Waals surface area contributed by atoms with Crippen molar-refractivity contribution in [3.63, 3.8) is 0 Å². The summed E-state index contributed by atoms with van der Waals surface area (Å²) < 4.78 is 0. The fraction of sp³-hybridized carbons (Fsp3) is 1.00. The summed E-state index contributed by atoms with van der Waals surface area (Å²) in [6.07, 6.45) is 6.70. The second-order valence-corrected chi connectivity index (χ2v) is 4.66. The molecule has 0 heterocycles. The molecule has 0 saturated heterocycles. The van der Waals surface area contributed by atoms with Gasteiger partial charge in [0, 0.05) is 12.1 Å². The van der Waals surface area contributed by atoms with Gasteiger partial charge in [0.25, 0.3) is 0 Å². The predicted octanol–water partition coefficient (Wildman–Crippen LogP) is 1.54. The van der Waals surface area contributed by atoms with Crippen LogP contribution in [0.15, 0.2) is 0 Å². The highest BCUT2D eigenvalue weighted by molar-refractivity contribution is 4.97. The van der Waals surface area contributed by atoms with Gasteiger partial charge in [-0.25, -0.2) is 0 Å². The van der Waals surface area contributed by atoms with E-state index in [4.69, 9.17) is 5.11 Å². The van der Waals surface area contributed by atoms with Gasteiger partial charge in [-0.1, -0.05) is 6.92 Å². The van der Waals surface area contributed by atoms with Crippen molar-refractivity contribution in [3.8, 4) is 0 Å². The summed E-state index contributed by atoms with van der Waals surface area (Å²) in [5.41, 5.74) is 0. The lowest BCUT2D eigenvalue weighted by atomic mass is 10.1. The average Bonchev–Trinajstić information content (AvgIpc) is 3.01. The Hall–Kier alpha value is -0.0800. The molecule has 1 atom stereocenters. The van der Waals surface area contributed by atoms with Crippen molar-refractivity contribution in [3.05, 3.63) is 0 Å². The van der Waals surface area contributed by atoms with Crippen LogP contribution in [-0.2, 0) is 0 Å². The summed E-state index contributed by atoms with van der Waals surface area (Å²) in [6.45, 7) is 2.44. The number of nitrogens with one attached hydrogen (secondary N) is 1. The van der Waals surface area contributed by atoms with Crippen molar-refractivity contribution in [2.75, 3.05) is 6.61 Å². The van der Waals surface area contributed by atoms with Gasteiger partial charge in [0.05, 0.1) is 6.61 Å². The molecule has 0 radical (unpaired) electrons. The monoisotopic (exact) mass is 183 g/mol. The predicted molar refractivity (Wildman–Crippen MR) is 53.5 cm³/mol. The number of hydrogen-bond donors (Lipinski definition) is 2. The lowest BCUT2D eigenvalue weighted by molar-refractivity contribution is 0.217. The Kier molecular flexibility index (Phi) is 2.89. The van der Waals surface area contributed by atoms with Gasteiger partial charge in [-0.2, -0.15) is 0 Å². The van der Waals surface area contributed by atoms with Crippen LogP contribution in [0.4, 0.5) is 0 Å². The van der Waals surface area contributed by atoms with E-state index in [2.05, 4.69) is 12.2 Å². The van der Waals surface area contributed by atoms with Gasteiger partial charge in [-0.3, -0.25) is 0 Å². The lowest BCUT2D eigenvalue weighted by Gasteiger charge is -2.23. The van der Waals surface area contributed by atoms with E-state index in [1.807, 2.05) is 0 Å². The molecular formula is C11H21NO. The first-order valence-corrected chi connectivity index (χ1v) is 5.72. The Bertz CT molecular complexity index is 147. The van der Waals surface area contributed by atoms with Crippen molar-refractivity contribution in [1.29, 1.82) is 0 Å². The molecule has 76 valence electrons. The van der Waals surface area contributed by atoms with E-state index in [0.717, 1.165) is 24.3 Å². The van der Waals surface area contributed by atoms with E-state index >= 15 is 0 Å². The Morgan fingerprint density at radius 2 is 1.77 bits per heavy atom. The number of aliphatic hydroxyl groups excluding tert-OH is 1. The van der Waals surface area contributed by atoms with E-state index in [-0.39, 0.29) is 0 Å². The Morgan fingerprint density at radius 3 is 2.08 bits per heavy atom. The van der Waals surface area contributed by atoms with E-state index in [1.54, 1.807) is 0 Å². The minimum Gasteiger partial charge on any atom is -0.395 e. The molecule has 0 aromatic carbocycles. The van der Waals surface area contributed by atoms with E-state index in [1.165, 1.54) is 25.7 Å². The largest absolute Gasteiger partial charge is 0.395 e. The molecule has 2 aliphatic rings. The van der Waals surface area contributed by atoms with Crippen LogP contribution in [0.2, 0.25) is 0 Å².